The van der Waals surface area contributed by atoms with Gasteiger partial charge in [-0.3, -0.25) is 5.32 Å². The standard InChI is InChI=1S/C10H21N3O2/c1-5-12-10(11)6-13(7-10)8(14)15-9(2,3)4/h12H,5-7,11H2,1-4H3. The molecule has 1 amide bonds. The number of hydrogen-bond acceptors (Lipinski definition) is 4. The fraction of sp³-hybridized carbons (Fsp3) is 0.900. The molecule has 1 heterocycles. The smallest absolute Gasteiger partial charge is 0.410 e. The van der Waals surface area contributed by atoms with Gasteiger partial charge >= 0.3 is 6.09 Å². The SMILES string of the molecule is CCNC1(N)CN(C(=O)OC(C)(C)C)C1. The molecule has 0 bridgehead atoms. The Morgan fingerprint density at radius 3 is 2.47 bits per heavy atom. The predicted octanol–water partition coefficient (Wildman–Crippen LogP) is 0.502. The zero-order valence-corrected chi connectivity index (χ0v) is 9.96. The minimum absolute atomic E-state index is 0.290. The van der Waals surface area contributed by atoms with Crippen LogP contribution >= 0.6 is 0 Å². The third kappa shape index (κ3) is 3.35. The van der Waals surface area contributed by atoms with Crippen molar-refractivity contribution >= 4 is 6.09 Å². The van der Waals surface area contributed by atoms with Gasteiger partial charge in [-0.1, -0.05) is 6.92 Å². The Labute approximate surface area is 90.9 Å². The summed E-state index contributed by atoms with van der Waals surface area (Å²) in [4.78, 5) is 13.2. The highest BCUT2D eigenvalue weighted by molar-refractivity contribution is 5.69. The number of nitrogens with one attached hydrogen (secondary N) is 1. The molecule has 0 radical (unpaired) electrons. The summed E-state index contributed by atoms with van der Waals surface area (Å²) in [5, 5.41) is 3.13. The van der Waals surface area contributed by atoms with E-state index >= 15 is 0 Å². The second-order valence-corrected chi connectivity index (χ2v) is 5.02. The van der Waals surface area contributed by atoms with Crippen molar-refractivity contribution in [1.82, 2.24) is 10.2 Å². The van der Waals surface area contributed by atoms with Crippen LogP contribution in [0.15, 0.2) is 0 Å². The summed E-state index contributed by atoms with van der Waals surface area (Å²) in [6.45, 7) is 9.37. The van der Waals surface area contributed by atoms with E-state index in [1.807, 2.05) is 27.7 Å². The van der Waals surface area contributed by atoms with E-state index in [4.69, 9.17) is 10.5 Å². The van der Waals surface area contributed by atoms with Crippen molar-refractivity contribution in [3.8, 4) is 0 Å². The van der Waals surface area contributed by atoms with Crippen LogP contribution in [0.5, 0.6) is 0 Å². The van der Waals surface area contributed by atoms with E-state index in [9.17, 15) is 4.79 Å². The molecule has 1 fully saturated rings. The Balaban J connectivity index is 2.35. The van der Waals surface area contributed by atoms with E-state index in [1.165, 1.54) is 0 Å². The second-order valence-electron chi connectivity index (χ2n) is 5.02. The fourth-order valence-corrected chi connectivity index (χ4v) is 1.55. The van der Waals surface area contributed by atoms with E-state index < -0.39 is 11.3 Å². The summed E-state index contributed by atoms with van der Waals surface area (Å²) < 4.78 is 5.22. The van der Waals surface area contributed by atoms with Crippen LogP contribution in [0.3, 0.4) is 0 Å². The first-order valence-corrected chi connectivity index (χ1v) is 5.27. The fourth-order valence-electron chi connectivity index (χ4n) is 1.55. The number of nitrogens with zero attached hydrogens (tertiary/aromatic N) is 1. The van der Waals surface area contributed by atoms with Gasteiger partial charge in [0.1, 0.15) is 11.3 Å². The van der Waals surface area contributed by atoms with E-state index in [-0.39, 0.29) is 6.09 Å². The lowest BCUT2D eigenvalue weighted by Gasteiger charge is -2.47. The van der Waals surface area contributed by atoms with Gasteiger partial charge in [0.2, 0.25) is 0 Å². The number of nitrogens with two attached hydrogens (primary N) is 1. The van der Waals surface area contributed by atoms with Crippen molar-refractivity contribution in [2.75, 3.05) is 19.6 Å². The van der Waals surface area contributed by atoms with Gasteiger partial charge in [0.05, 0.1) is 13.1 Å². The van der Waals surface area contributed by atoms with E-state index in [0.29, 0.717) is 13.1 Å². The number of likely N-dealkylation sites (tertiary alicyclic amines) is 1. The molecule has 0 aromatic carbocycles. The molecular weight excluding hydrogens is 194 g/mol. The second kappa shape index (κ2) is 3.98. The van der Waals surface area contributed by atoms with Crippen LogP contribution in [0, 0.1) is 0 Å². The Kier molecular flexibility index (Phi) is 3.25. The third-order valence-corrected chi connectivity index (χ3v) is 2.13. The van der Waals surface area contributed by atoms with Gasteiger partial charge in [-0.15, -0.1) is 0 Å². The average Bonchev–Trinajstić information content (AvgIpc) is 1.96. The van der Waals surface area contributed by atoms with Gasteiger partial charge in [0.15, 0.2) is 0 Å². The summed E-state index contributed by atoms with van der Waals surface area (Å²) in [5.74, 6) is 0. The number of hydrogen-bond donors (Lipinski definition) is 2. The summed E-state index contributed by atoms with van der Waals surface area (Å²) in [6.07, 6.45) is -0.290. The largest absolute Gasteiger partial charge is 0.444 e. The maximum absolute atomic E-state index is 11.6. The normalized spacial score (nSPS) is 19.7. The van der Waals surface area contributed by atoms with Crippen LogP contribution in [0.1, 0.15) is 27.7 Å². The van der Waals surface area contributed by atoms with Crippen LogP contribution in [-0.4, -0.2) is 41.9 Å². The molecule has 0 saturated carbocycles. The van der Waals surface area contributed by atoms with Crippen LogP contribution in [0.25, 0.3) is 0 Å². The Hall–Kier alpha value is -0.810. The number of ether oxygens (including phenoxy) is 1. The molecule has 15 heavy (non-hydrogen) atoms. The summed E-state index contributed by atoms with van der Waals surface area (Å²) >= 11 is 0. The minimum atomic E-state index is -0.442. The highest BCUT2D eigenvalue weighted by atomic mass is 16.6. The van der Waals surface area contributed by atoms with E-state index in [1.54, 1.807) is 4.90 Å². The van der Waals surface area contributed by atoms with Crippen molar-refractivity contribution in [2.45, 2.75) is 39.0 Å². The molecule has 3 N–H and O–H groups in total. The zero-order chi connectivity index (χ0) is 11.7. The van der Waals surface area contributed by atoms with Crippen molar-refractivity contribution in [2.24, 2.45) is 5.73 Å². The first-order valence-electron chi connectivity index (χ1n) is 5.27. The zero-order valence-electron chi connectivity index (χ0n) is 9.96. The molecule has 5 heteroatoms. The maximum Gasteiger partial charge on any atom is 0.410 e. The van der Waals surface area contributed by atoms with Crippen molar-refractivity contribution in [1.29, 1.82) is 0 Å². The van der Waals surface area contributed by atoms with Gasteiger partial charge in [-0.05, 0) is 27.3 Å². The average molecular weight is 215 g/mol. The van der Waals surface area contributed by atoms with Crippen molar-refractivity contribution in [3.05, 3.63) is 0 Å². The quantitative estimate of drug-likeness (QED) is 0.658. The Morgan fingerprint density at radius 2 is 2.07 bits per heavy atom. The number of carbonyl (C=O) groups excluding carboxylic acids is 1. The third-order valence-electron chi connectivity index (χ3n) is 2.13. The van der Waals surface area contributed by atoms with E-state index in [0.717, 1.165) is 6.54 Å². The summed E-state index contributed by atoms with van der Waals surface area (Å²) in [7, 11) is 0. The van der Waals surface area contributed by atoms with Crippen molar-refractivity contribution in [3.63, 3.8) is 0 Å². The van der Waals surface area contributed by atoms with Crippen molar-refractivity contribution < 1.29 is 9.53 Å². The molecule has 0 aliphatic carbocycles. The maximum atomic E-state index is 11.6. The molecule has 0 aromatic rings. The lowest BCUT2D eigenvalue weighted by atomic mass is 10.0. The molecule has 1 saturated heterocycles. The van der Waals surface area contributed by atoms with Gasteiger partial charge in [0.25, 0.3) is 0 Å². The number of likely N-dealkylation sites (N-methyl/N-ethyl adjacent to an activating group) is 1. The molecular formula is C10H21N3O2. The molecule has 88 valence electrons. The molecule has 0 aromatic heterocycles. The number of amides is 1. The Bertz CT molecular complexity index is 242. The molecule has 0 spiro atoms. The number of carbonyl (C=O) groups is 1. The predicted molar refractivity (Wildman–Crippen MR) is 58.4 cm³/mol. The van der Waals surface area contributed by atoms with Gasteiger partial charge in [-0.2, -0.15) is 0 Å². The molecule has 0 atom stereocenters. The van der Waals surface area contributed by atoms with Gasteiger partial charge in [0, 0.05) is 0 Å². The lowest BCUT2D eigenvalue weighted by Crippen LogP contribution is -2.75. The summed E-state index contributed by atoms with van der Waals surface area (Å²) in [5.41, 5.74) is 5.08. The van der Waals surface area contributed by atoms with Crippen LogP contribution in [0.2, 0.25) is 0 Å². The number of rotatable bonds is 2. The minimum Gasteiger partial charge on any atom is -0.444 e. The van der Waals surface area contributed by atoms with E-state index in [2.05, 4.69) is 5.32 Å². The lowest BCUT2D eigenvalue weighted by molar-refractivity contribution is -0.0147. The molecule has 0 unspecified atom stereocenters. The van der Waals surface area contributed by atoms with Crippen LogP contribution in [0.4, 0.5) is 4.79 Å². The molecule has 5 nitrogen and oxygen atoms in total. The first kappa shape index (κ1) is 12.3. The monoisotopic (exact) mass is 215 g/mol. The topological polar surface area (TPSA) is 67.6 Å². The van der Waals surface area contributed by atoms with Crippen LogP contribution in [-0.2, 0) is 4.74 Å². The Morgan fingerprint density at radius 1 is 1.53 bits per heavy atom. The highest BCUT2D eigenvalue weighted by Crippen LogP contribution is 2.19. The molecule has 1 rings (SSSR count). The van der Waals surface area contributed by atoms with Gasteiger partial charge in [-0.25, -0.2) is 4.79 Å². The van der Waals surface area contributed by atoms with Crippen LogP contribution < -0.4 is 11.1 Å². The summed E-state index contributed by atoms with van der Waals surface area (Å²) in [6, 6.07) is 0. The first-order chi connectivity index (χ1) is 6.76. The molecule has 1 aliphatic rings. The van der Waals surface area contributed by atoms with Gasteiger partial charge < -0.3 is 15.4 Å². The molecule has 1 aliphatic heterocycles. The highest BCUT2D eigenvalue weighted by Gasteiger charge is 2.42.